The van der Waals surface area contributed by atoms with Crippen LogP contribution in [0, 0.1) is 16.0 Å². The molecule has 2 rings (SSSR count). The molecular weight excluding hydrogens is 296 g/mol. The van der Waals surface area contributed by atoms with E-state index in [1.54, 1.807) is 30.2 Å². The minimum atomic E-state index is -0.456. The molecule has 0 aromatic heterocycles. The smallest absolute Gasteiger partial charge is 0.269 e. The summed E-state index contributed by atoms with van der Waals surface area (Å²) in [6.45, 7) is 0.546. The lowest BCUT2D eigenvalue weighted by Crippen LogP contribution is -2.37. The van der Waals surface area contributed by atoms with Gasteiger partial charge in [0.25, 0.3) is 5.69 Å². The van der Waals surface area contributed by atoms with Crippen LogP contribution in [0.25, 0.3) is 6.08 Å². The molecule has 0 aliphatic heterocycles. The number of benzene rings is 1. The molecule has 6 nitrogen and oxygen atoms in total. The second-order valence-electron chi connectivity index (χ2n) is 6.01. The number of carbonyl (C=O) groups is 1. The van der Waals surface area contributed by atoms with Crippen molar-refractivity contribution in [1.29, 1.82) is 0 Å². The first-order valence-corrected chi connectivity index (χ1v) is 7.83. The van der Waals surface area contributed by atoms with Crippen LogP contribution in [0.15, 0.2) is 30.3 Å². The van der Waals surface area contributed by atoms with Gasteiger partial charge in [-0.25, -0.2) is 0 Å². The highest BCUT2D eigenvalue weighted by atomic mass is 16.6. The van der Waals surface area contributed by atoms with E-state index in [4.69, 9.17) is 0 Å². The van der Waals surface area contributed by atoms with E-state index >= 15 is 0 Å². The van der Waals surface area contributed by atoms with Crippen LogP contribution in [0.5, 0.6) is 0 Å². The Morgan fingerprint density at radius 1 is 1.35 bits per heavy atom. The van der Waals surface area contributed by atoms with Crippen LogP contribution in [0.4, 0.5) is 5.69 Å². The number of non-ortho nitro benzene ring substituents is 1. The molecule has 1 fully saturated rings. The highest BCUT2D eigenvalue weighted by molar-refractivity contribution is 5.91. The zero-order valence-corrected chi connectivity index (χ0v) is 13.2. The van der Waals surface area contributed by atoms with Crippen molar-refractivity contribution in [2.45, 2.75) is 31.8 Å². The normalized spacial score (nSPS) is 21.3. The molecule has 23 heavy (non-hydrogen) atoms. The Morgan fingerprint density at radius 2 is 2.00 bits per heavy atom. The van der Waals surface area contributed by atoms with Crippen molar-refractivity contribution in [3.8, 4) is 0 Å². The van der Waals surface area contributed by atoms with Crippen LogP contribution in [-0.4, -0.2) is 40.5 Å². The number of aliphatic hydroxyl groups excluding tert-OH is 1. The van der Waals surface area contributed by atoms with Crippen LogP contribution < -0.4 is 0 Å². The average Bonchev–Trinajstić information content (AvgIpc) is 2.55. The molecule has 1 amide bonds. The third kappa shape index (κ3) is 4.89. The fourth-order valence-corrected chi connectivity index (χ4v) is 2.84. The van der Waals surface area contributed by atoms with Crippen molar-refractivity contribution in [3.63, 3.8) is 0 Å². The Kier molecular flexibility index (Phi) is 5.87. The minimum absolute atomic E-state index is 0.0249. The van der Waals surface area contributed by atoms with E-state index in [0.29, 0.717) is 6.54 Å². The lowest BCUT2D eigenvalue weighted by Gasteiger charge is -2.30. The molecule has 1 aliphatic rings. The summed E-state index contributed by atoms with van der Waals surface area (Å²) in [7, 11) is 1.73. The lowest BCUT2D eigenvalue weighted by molar-refractivity contribution is -0.384. The molecule has 1 aliphatic carbocycles. The SMILES string of the molecule is CN(CC1CCCCC1O)C(=O)/C=C/c1ccc([N+](=O)[O-])cc1. The van der Waals surface area contributed by atoms with Gasteiger partial charge in [-0.1, -0.05) is 12.8 Å². The number of likely N-dealkylation sites (N-methyl/N-ethyl adjacent to an activating group) is 1. The Balaban J connectivity index is 1.90. The number of hydrogen-bond donors (Lipinski definition) is 1. The maximum atomic E-state index is 12.1. The summed E-state index contributed by atoms with van der Waals surface area (Å²) in [5.74, 6) is 0.00611. The highest BCUT2D eigenvalue weighted by Gasteiger charge is 2.25. The second-order valence-corrected chi connectivity index (χ2v) is 6.01. The third-order valence-electron chi connectivity index (χ3n) is 4.28. The summed E-state index contributed by atoms with van der Waals surface area (Å²) in [5, 5.41) is 20.6. The fourth-order valence-electron chi connectivity index (χ4n) is 2.84. The predicted octanol–water partition coefficient (Wildman–Crippen LogP) is 2.62. The fraction of sp³-hybridized carbons (Fsp3) is 0.471. The molecule has 1 aromatic carbocycles. The van der Waals surface area contributed by atoms with Gasteiger partial charge in [-0.05, 0) is 36.6 Å². The summed E-state index contributed by atoms with van der Waals surface area (Å²) in [6, 6.07) is 6.03. The van der Waals surface area contributed by atoms with Crippen LogP contribution in [0.1, 0.15) is 31.2 Å². The van der Waals surface area contributed by atoms with Gasteiger partial charge >= 0.3 is 0 Å². The molecule has 1 saturated carbocycles. The van der Waals surface area contributed by atoms with Crippen LogP contribution >= 0.6 is 0 Å². The zero-order chi connectivity index (χ0) is 16.8. The van der Waals surface area contributed by atoms with Crippen molar-refractivity contribution >= 4 is 17.7 Å². The summed E-state index contributed by atoms with van der Waals surface area (Å²) >= 11 is 0. The van der Waals surface area contributed by atoms with Crippen LogP contribution in [0.3, 0.4) is 0 Å². The Bertz CT molecular complexity index is 583. The summed E-state index contributed by atoms with van der Waals surface area (Å²) in [5.41, 5.74) is 0.756. The van der Waals surface area contributed by atoms with E-state index in [1.165, 1.54) is 18.2 Å². The number of carbonyl (C=O) groups excluding carboxylic acids is 1. The van der Waals surface area contributed by atoms with Gasteiger partial charge in [-0.15, -0.1) is 0 Å². The number of nitro benzene ring substituents is 1. The first-order valence-electron chi connectivity index (χ1n) is 7.83. The molecule has 1 N–H and O–H groups in total. The highest BCUT2D eigenvalue weighted by Crippen LogP contribution is 2.25. The molecule has 0 radical (unpaired) electrons. The van der Waals surface area contributed by atoms with Gasteiger partial charge in [-0.3, -0.25) is 14.9 Å². The molecule has 6 heteroatoms. The number of rotatable bonds is 5. The molecule has 2 atom stereocenters. The molecule has 0 saturated heterocycles. The molecule has 0 spiro atoms. The van der Waals surface area contributed by atoms with E-state index in [1.807, 2.05) is 0 Å². The van der Waals surface area contributed by atoms with Crippen LogP contribution in [-0.2, 0) is 4.79 Å². The van der Waals surface area contributed by atoms with Gasteiger partial charge in [0.1, 0.15) is 0 Å². The van der Waals surface area contributed by atoms with Gasteiger partial charge in [0.2, 0.25) is 5.91 Å². The van der Waals surface area contributed by atoms with Gasteiger partial charge in [0, 0.05) is 37.7 Å². The minimum Gasteiger partial charge on any atom is -0.393 e. The van der Waals surface area contributed by atoms with Gasteiger partial charge in [-0.2, -0.15) is 0 Å². The van der Waals surface area contributed by atoms with Gasteiger partial charge in [0.15, 0.2) is 0 Å². The average molecular weight is 318 g/mol. The van der Waals surface area contributed by atoms with E-state index < -0.39 is 4.92 Å². The zero-order valence-electron chi connectivity index (χ0n) is 13.2. The van der Waals surface area contributed by atoms with Crippen LogP contribution in [0.2, 0.25) is 0 Å². The molecule has 0 bridgehead atoms. The number of aliphatic hydroxyl groups is 1. The molecular formula is C17H22N2O4. The van der Waals surface area contributed by atoms with Gasteiger partial charge in [0.05, 0.1) is 11.0 Å². The summed E-state index contributed by atoms with van der Waals surface area (Å²) in [4.78, 5) is 23.9. The topological polar surface area (TPSA) is 83.7 Å². The van der Waals surface area contributed by atoms with Crippen molar-refractivity contribution in [1.82, 2.24) is 4.90 Å². The lowest BCUT2D eigenvalue weighted by atomic mass is 9.86. The quantitative estimate of drug-likeness (QED) is 0.514. The monoisotopic (exact) mass is 318 g/mol. The Morgan fingerprint density at radius 3 is 2.61 bits per heavy atom. The summed E-state index contributed by atoms with van der Waals surface area (Å²) in [6.07, 6.45) is 6.68. The Labute approximate surface area is 135 Å². The van der Waals surface area contributed by atoms with Crippen molar-refractivity contribution in [2.24, 2.45) is 5.92 Å². The molecule has 1 aromatic rings. The number of hydrogen-bond acceptors (Lipinski definition) is 4. The predicted molar refractivity (Wildman–Crippen MR) is 87.7 cm³/mol. The van der Waals surface area contributed by atoms with E-state index in [0.717, 1.165) is 31.2 Å². The van der Waals surface area contributed by atoms with E-state index in [2.05, 4.69) is 0 Å². The second kappa shape index (κ2) is 7.87. The number of amides is 1. The third-order valence-corrected chi connectivity index (χ3v) is 4.28. The van der Waals surface area contributed by atoms with Crippen molar-refractivity contribution in [3.05, 3.63) is 46.0 Å². The standard InChI is InChI=1S/C17H22N2O4/c1-18(12-14-4-2-3-5-16(14)20)17(21)11-8-13-6-9-15(10-7-13)19(22)23/h6-11,14,16,20H,2-5,12H2,1H3/b11-8+. The van der Waals surface area contributed by atoms with Gasteiger partial charge < -0.3 is 10.0 Å². The maximum Gasteiger partial charge on any atom is 0.269 e. The van der Waals surface area contributed by atoms with E-state index in [-0.39, 0.29) is 23.6 Å². The maximum absolute atomic E-state index is 12.1. The number of nitro groups is 1. The Hall–Kier alpha value is -2.21. The molecule has 0 heterocycles. The largest absolute Gasteiger partial charge is 0.393 e. The molecule has 2 unspecified atom stereocenters. The summed E-state index contributed by atoms with van der Waals surface area (Å²) < 4.78 is 0. The molecule has 124 valence electrons. The van der Waals surface area contributed by atoms with Crippen molar-refractivity contribution in [2.75, 3.05) is 13.6 Å². The van der Waals surface area contributed by atoms with E-state index in [9.17, 15) is 20.0 Å². The first-order chi connectivity index (χ1) is 11.0. The first kappa shape index (κ1) is 17.1. The van der Waals surface area contributed by atoms with Crippen molar-refractivity contribution < 1.29 is 14.8 Å². The number of nitrogens with zero attached hydrogens (tertiary/aromatic N) is 2.